The van der Waals surface area contributed by atoms with Crippen molar-refractivity contribution in [1.82, 2.24) is 9.55 Å². The minimum absolute atomic E-state index is 0.323. The van der Waals surface area contributed by atoms with Gasteiger partial charge >= 0.3 is 13.1 Å². The van der Waals surface area contributed by atoms with Gasteiger partial charge in [-0.15, -0.1) is 0 Å². The second kappa shape index (κ2) is 6.96. The molecule has 0 fully saturated rings. The first kappa shape index (κ1) is 17.0. The summed E-state index contributed by atoms with van der Waals surface area (Å²) in [6.07, 6.45) is 1.68. The van der Waals surface area contributed by atoms with E-state index < -0.39 is 13.1 Å². The van der Waals surface area contributed by atoms with Crippen LogP contribution in [-0.4, -0.2) is 46.9 Å². The number of benzene rings is 2. The third-order valence-corrected chi connectivity index (χ3v) is 3.98. The first-order valence-corrected chi connectivity index (χ1v) is 7.59. The Labute approximate surface area is 144 Å². The minimum Gasteiger partial charge on any atom is -0.496 e. The Kier molecular flexibility index (Phi) is 4.73. The van der Waals surface area contributed by atoms with Crippen LogP contribution in [0.1, 0.15) is 15.9 Å². The van der Waals surface area contributed by atoms with Gasteiger partial charge < -0.3 is 24.1 Å². The highest BCUT2D eigenvalue weighted by molar-refractivity contribution is 6.58. The Bertz CT molecular complexity index is 905. The zero-order valence-electron chi connectivity index (χ0n) is 13.8. The van der Waals surface area contributed by atoms with E-state index in [2.05, 4.69) is 4.98 Å². The molecule has 0 aliphatic rings. The van der Waals surface area contributed by atoms with Gasteiger partial charge in [0.25, 0.3) is 0 Å². The summed E-state index contributed by atoms with van der Waals surface area (Å²) in [6.45, 7) is 0.541. The van der Waals surface area contributed by atoms with Gasteiger partial charge in [0, 0.05) is 12.6 Å². The first-order chi connectivity index (χ1) is 12.0. The van der Waals surface area contributed by atoms with E-state index >= 15 is 0 Å². The molecule has 3 aromatic rings. The number of methoxy groups -OCH3 is 2. The molecular weight excluding hydrogens is 323 g/mol. The van der Waals surface area contributed by atoms with E-state index in [1.165, 1.54) is 14.2 Å². The molecule has 0 aliphatic heterocycles. The van der Waals surface area contributed by atoms with Gasteiger partial charge in [0.2, 0.25) is 0 Å². The fourth-order valence-electron chi connectivity index (χ4n) is 2.64. The molecule has 0 amide bonds. The lowest BCUT2D eigenvalue weighted by Gasteiger charge is -2.09. The number of aromatic nitrogens is 2. The maximum absolute atomic E-state index is 11.8. The van der Waals surface area contributed by atoms with E-state index in [4.69, 9.17) is 19.5 Å². The number of hydrogen-bond acceptors (Lipinski definition) is 6. The van der Waals surface area contributed by atoms with Gasteiger partial charge in [-0.2, -0.15) is 0 Å². The summed E-state index contributed by atoms with van der Waals surface area (Å²) >= 11 is 0. The summed E-state index contributed by atoms with van der Waals surface area (Å²) in [5, 5.41) is 18.3. The van der Waals surface area contributed by atoms with Crippen molar-refractivity contribution in [3.63, 3.8) is 0 Å². The third kappa shape index (κ3) is 3.35. The number of rotatable bonds is 5. The molecule has 8 heteroatoms. The smallest absolute Gasteiger partial charge is 0.488 e. The monoisotopic (exact) mass is 340 g/mol. The highest BCUT2D eigenvalue weighted by Crippen LogP contribution is 2.26. The van der Waals surface area contributed by atoms with Gasteiger partial charge in [0.15, 0.2) is 0 Å². The van der Waals surface area contributed by atoms with Crippen LogP contribution in [0.4, 0.5) is 0 Å². The minimum atomic E-state index is -1.48. The van der Waals surface area contributed by atoms with Crippen LogP contribution >= 0.6 is 0 Å². The van der Waals surface area contributed by atoms with Crippen LogP contribution in [0.15, 0.2) is 42.7 Å². The van der Waals surface area contributed by atoms with Crippen molar-refractivity contribution < 1.29 is 24.3 Å². The van der Waals surface area contributed by atoms with Gasteiger partial charge in [-0.05, 0) is 17.1 Å². The molecule has 0 spiro atoms. The van der Waals surface area contributed by atoms with Crippen molar-refractivity contribution >= 4 is 29.6 Å². The molecule has 0 radical (unpaired) electrons. The van der Waals surface area contributed by atoms with Gasteiger partial charge in [-0.3, -0.25) is 0 Å². The number of esters is 1. The predicted octanol–water partition coefficient (Wildman–Crippen LogP) is 0.560. The molecule has 25 heavy (non-hydrogen) atoms. The van der Waals surface area contributed by atoms with Crippen LogP contribution in [0, 0.1) is 0 Å². The topological polar surface area (TPSA) is 93.8 Å². The predicted molar refractivity (Wildman–Crippen MR) is 93.0 cm³/mol. The molecule has 1 aromatic heterocycles. The Hall–Kier alpha value is -2.84. The van der Waals surface area contributed by atoms with Crippen molar-refractivity contribution in [1.29, 1.82) is 0 Å². The van der Waals surface area contributed by atoms with Gasteiger partial charge in [-0.25, -0.2) is 9.78 Å². The molecule has 0 saturated heterocycles. The highest BCUT2D eigenvalue weighted by atomic mass is 16.5. The van der Waals surface area contributed by atoms with E-state index in [0.717, 1.165) is 11.1 Å². The van der Waals surface area contributed by atoms with Gasteiger partial charge in [0.1, 0.15) is 11.3 Å². The SMILES string of the molecule is COC(=O)c1cc2ncn(Cc3ccc(B(O)O)cc3)c2cc1OC. The molecule has 3 rings (SSSR count). The zero-order valence-corrected chi connectivity index (χ0v) is 13.8. The van der Waals surface area contributed by atoms with E-state index in [0.29, 0.717) is 28.8 Å². The number of carbonyl (C=O) groups excluding carboxylic acids is 1. The Balaban J connectivity index is 1.96. The molecule has 2 aromatic carbocycles. The largest absolute Gasteiger partial charge is 0.496 e. The summed E-state index contributed by atoms with van der Waals surface area (Å²) in [5.41, 5.74) is 3.20. The van der Waals surface area contributed by atoms with E-state index in [-0.39, 0.29) is 0 Å². The average molecular weight is 340 g/mol. The van der Waals surface area contributed by atoms with Gasteiger partial charge in [-0.1, -0.05) is 24.3 Å². The molecule has 128 valence electrons. The molecular formula is C17H17BN2O5. The van der Waals surface area contributed by atoms with Crippen molar-refractivity contribution in [3.05, 3.63) is 53.9 Å². The van der Waals surface area contributed by atoms with Crippen LogP contribution in [0.25, 0.3) is 11.0 Å². The number of nitrogens with zero attached hydrogens (tertiary/aromatic N) is 2. The molecule has 1 heterocycles. The van der Waals surface area contributed by atoms with Crippen molar-refractivity contribution in [2.45, 2.75) is 6.54 Å². The van der Waals surface area contributed by atoms with Crippen LogP contribution in [-0.2, 0) is 11.3 Å². The Morgan fingerprint density at radius 2 is 1.92 bits per heavy atom. The molecule has 2 N–H and O–H groups in total. The van der Waals surface area contributed by atoms with Crippen LogP contribution in [0.5, 0.6) is 5.75 Å². The summed E-state index contributed by atoms with van der Waals surface area (Å²) < 4.78 is 12.0. The van der Waals surface area contributed by atoms with Crippen molar-refractivity contribution in [3.8, 4) is 5.75 Å². The maximum atomic E-state index is 11.8. The molecule has 7 nitrogen and oxygen atoms in total. The normalized spacial score (nSPS) is 10.7. The average Bonchev–Trinajstić information content (AvgIpc) is 3.02. The van der Waals surface area contributed by atoms with E-state index in [1.807, 2.05) is 16.7 Å². The lowest BCUT2D eigenvalue weighted by atomic mass is 9.80. The highest BCUT2D eigenvalue weighted by Gasteiger charge is 2.17. The molecule has 0 saturated carbocycles. The standard InChI is InChI=1S/C17H17BN2O5/c1-24-16-8-15-14(7-13(16)17(21)25-2)19-10-20(15)9-11-3-5-12(6-4-11)18(22)23/h3-8,10,22-23H,9H2,1-2H3. The van der Waals surface area contributed by atoms with Gasteiger partial charge in [0.05, 0.1) is 31.6 Å². The summed E-state index contributed by atoms with van der Waals surface area (Å²) in [4.78, 5) is 16.2. The van der Waals surface area contributed by atoms with Crippen LogP contribution in [0.2, 0.25) is 0 Å². The summed E-state index contributed by atoms with van der Waals surface area (Å²) in [7, 11) is 1.33. The second-order valence-corrected chi connectivity index (χ2v) is 5.52. The molecule has 0 bridgehead atoms. The lowest BCUT2D eigenvalue weighted by Crippen LogP contribution is -2.29. The first-order valence-electron chi connectivity index (χ1n) is 7.59. The molecule has 0 unspecified atom stereocenters. The van der Waals surface area contributed by atoms with Crippen molar-refractivity contribution in [2.75, 3.05) is 14.2 Å². The fraction of sp³-hybridized carbons (Fsp3) is 0.176. The summed E-state index contributed by atoms with van der Waals surface area (Å²) in [6, 6.07) is 10.4. The summed E-state index contributed by atoms with van der Waals surface area (Å²) in [5.74, 6) is -0.0636. The second-order valence-electron chi connectivity index (χ2n) is 5.52. The number of hydrogen-bond donors (Lipinski definition) is 2. The fourth-order valence-corrected chi connectivity index (χ4v) is 2.64. The third-order valence-electron chi connectivity index (χ3n) is 3.98. The lowest BCUT2D eigenvalue weighted by molar-refractivity contribution is 0.0597. The maximum Gasteiger partial charge on any atom is 0.488 e. The number of carbonyl (C=O) groups is 1. The number of ether oxygens (including phenoxy) is 2. The van der Waals surface area contributed by atoms with Crippen LogP contribution < -0.4 is 10.2 Å². The van der Waals surface area contributed by atoms with Crippen LogP contribution in [0.3, 0.4) is 0 Å². The molecule has 0 aliphatic carbocycles. The quantitative estimate of drug-likeness (QED) is 0.521. The van der Waals surface area contributed by atoms with E-state index in [1.54, 1.807) is 30.6 Å². The Morgan fingerprint density at radius 3 is 2.52 bits per heavy atom. The van der Waals surface area contributed by atoms with E-state index in [9.17, 15) is 4.79 Å². The van der Waals surface area contributed by atoms with Crippen molar-refractivity contribution in [2.24, 2.45) is 0 Å². The molecule has 0 atom stereocenters. The number of imidazole rings is 1. The zero-order chi connectivity index (χ0) is 18.0. The number of fused-ring (bicyclic) bond motifs is 1. The Morgan fingerprint density at radius 1 is 1.20 bits per heavy atom.